The molecule has 0 amide bonds. The van der Waals surface area contributed by atoms with Crippen LogP contribution in [0.2, 0.25) is 0 Å². The summed E-state index contributed by atoms with van der Waals surface area (Å²) in [6.45, 7) is -0.926. The van der Waals surface area contributed by atoms with Gasteiger partial charge in [0.1, 0.15) is 5.78 Å². The van der Waals surface area contributed by atoms with Crippen molar-refractivity contribution in [1.29, 1.82) is 0 Å². The maximum atomic E-state index is 12.0. The second-order valence-electron chi connectivity index (χ2n) is 3.82. The summed E-state index contributed by atoms with van der Waals surface area (Å²) in [5.74, 6) is 0.0790. The molecule has 5 heteroatoms. The summed E-state index contributed by atoms with van der Waals surface area (Å²) in [4.78, 5) is 12.3. The zero-order chi connectivity index (χ0) is 10.8. The first-order valence-electron chi connectivity index (χ1n) is 4.67. The van der Waals surface area contributed by atoms with Gasteiger partial charge in [-0.2, -0.15) is 13.2 Å². The number of alkyl halides is 3. The smallest absolute Gasteiger partial charge is 0.300 e. The fourth-order valence-electron chi connectivity index (χ4n) is 1.79. The van der Waals surface area contributed by atoms with Gasteiger partial charge in [-0.15, -0.1) is 0 Å². The van der Waals surface area contributed by atoms with Gasteiger partial charge in [-0.1, -0.05) is 0 Å². The van der Waals surface area contributed by atoms with Crippen molar-refractivity contribution in [3.8, 4) is 0 Å². The van der Waals surface area contributed by atoms with Crippen molar-refractivity contribution in [3.63, 3.8) is 0 Å². The molecule has 0 spiro atoms. The van der Waals surface area contributed by atoms with Crippen molar-refractivity contribution < 1.29 is 18.0 Å². The van der Waals surface area contributed by atoms with Gasteiger partial charge in [0.15, 0.2) is 0 Å². The lowest BCUT2D eigenvalue weighted by Crippen LogP contribution is -2.41. The van der Waals surface area contributed by atoms with Crippen LogP contribution in [0.25, 0.3) is 0 Å². The first kappa shape index (κ1) is 11.5. The maximum Gasteiger partial charge on any atom is 0.401 e. The van der Waals surface area contributed by atoms with E-state index in [0.29, 0.717) is 19.3 Å². The van der Waals surface area contributed by atoms with Crippen LogP contribution in [-0.4, -0.2) is 36.5 Å². The molecule has 0 aromatic rings. The second kappa shape index (κ2) is 4.29. The molecule has 0 aromatic carbocycles. The molecule has 14 heavy (non-hydrogen) atoms. The van der Waals surface area contributed by atoms with Crippen LogP contribution >= 0.6 is 0 Å². The van der Waals surface area contributed by atoms with E-state index in [-0.39, 0.29) is 18.2 Å². The quantitative estimate of drug-likeness (QED) is 0.693. The van der Waals surface area contributed by atoms with Gasteiger partial charge in [-0.25, -0.2) is 0 Å². The minimum absolute atomic E-state index is 0.0790. The average Bonchev–Trinajstić information content (AvgIpc) is 2.01. The fraction of sp³-hybridized carbons (Fsp3) is 0.889. The van der Waals surface area contributed by atoms with Crippen LogP contribution in [0.15, 0.2) is 0 Å². The van der Waals surface area contributed by atoms with Gasteiger partial charge in [0.25, 0.3) is 0 Å². The SMILES string of the molecule is CN(CC(F)(F)F)C1CCCC(=O)C1. The predicted octanol–water partition coefficient (Wildman–Crippen LogP) is 1.99. The van der Waals surface area contributed by atoms with Gasteiger partial charge in [0.2, 0.25) is 0 Å². The number of carbonyl (C=O) groups is 1. The van der Waals surface area contributed by atoms with E-state index in [1.54, 1.807) is 0 Å². The van der Waals surface area contributed by atoms with E-state index in [2.05, 4.69) is 0 Å². The van der Waals surface area contributed by atoms with Crippen LogP contribution in [-0.2, 0) is 4.79 Å². The maximum absolute atomic E-state index is 12.0. The Balaban J connectivity index is 2.43. The molecular weight excluding hydrogens is 195 g/mol. The molecule has 0 radical (unpaired) electrons. The number of carbonyl (C=O) groups excluding carboxylic acids is 1. The number of Topliss-reactive ketones (excluding diaryl/α,β-unsaturated/α-hetero) is 1. The van der Waals surface area contributed by atoms with Crippen molar-refractivity contribution in [1.82, 2.24) is 4.90 Å². The number of hydrogen-bond acceptors (Lipinski definition) is 2. The Morgan fingerprint density at radius 1 is 1.50 bits per heavy atom. The van der Waals surface area contributed by atoms with Gasteiger partial charge in [0, 0.05) is 18.9 Å². The molecule has 0 bridgehead atoms. The van der Waals surface area contributed by atoms with Crippen molar-refractivity contribution in [3.05, 3.63) is 0 Å². The van der Waals surface area contributed by atoms with Crippen molar-refractivity contribution in [2.75, 3.05) is 13.6 Å². The highest BCUT2D eigenvalue weighted by Gasteiger charge is 2.33. The Bertz CT molecular complexity index is 215. The summed E-state index contributed by atoms with van der Waals surface area (Å²) in [5, 5.41) is 0. The molecule has 1 unspecified atom stereocenters. The van der Waals surface area contributed by atoms with E-state index < -0.39 is 12.7 Å². The lowest BCUT2D eigenvalue weighted by molar-refractivity contribution is -0.150. The number of halogens is 3. The van der Waals surface area contributed by atoms with Crippen molar-refractivity contribution >= 4 is 5.78 Å². The molecule has 0 saturated heterocycles. The predicted molar refractivity (Wildman–Crippen MR) is 45.9 cm³/mol. The first-order chi connectivity index (χ1) is 6.38. The van der Waals surface area contributed by atoms with Gasteiger partial charge >= 0.3 is 6.18 Å². The molecular formula is C9H14F3NO. The average molecular weight is 209 g/mol. The Kier molecular flexibility index (Phi) is 3.53. The van der Waals surface area contributed by atoms with Crippen molar-refractivity contribution in [2.45, 2.75) is 37.9 Å². The molecule has 1 aliphatic carbocycles. The van der Waals surface area contributed by atoms with E-state index in [1.807, 2.05) is 0 Å². The Hall–Kier alpha value is -0.580. The summed E-state index contributed by atoms with van der Waals surface area (Å²) in [5.41, 5.74) is 0. The minimum atomic E-state index is -4.17. The number of rotatable bonds is 2. The molecule has 0 heterocycles. The van der Waals surface area contributed by atoms with Crippen LogP contribution < -0.4 is 0 Å². The molecule has 0 aromatic heterocycles. The van der Waals surface area contributed by atoms with Crippen LogP contribution in [0.5, 0.6) is 0 Å². The lowest BCUT2D eigenvalue weighted by Gasteiger charge is -2.30. The summed E-state index contributed by atoms with van der Waals surface area (Å²) in [6, 6.07) is -0.224. The van der Waals surface area contributed by atoms with E-state index in [0.717, 1.165) is 0 Å². The molecule has 1 rings (SSSR count). The first-order valence-corrected chi connectivity index (χ1v) is 4.67. The minimum Gasteiger partial charge on any atom is -0.300 e. The van der Waals surface area contributed by atoms with Crippen molar-refractivity contribution in [2.24, 2.45) is 0 Å². The lowest BCUT2D eigenvalue weighted by atomic mass is 9.93. The normalized spacial score (nSPS) is 24.4. The Morgan fingerprint density at radius 2 is 2.14 bits per heavy atom. The molecule has 2 nitrogen and oxygen atoms in total. The second-order valence-corrected chi connectivity index (χ2v) is 3.82. The van der Waals surface area contributed by atoms with E-state index in [9.17, 15) is 18.0 Å². The summed E-state index contributed by atoms with van der Waals surface area (Å²) < 4.78 is 36.1. The Labute approximate surface area is 81.1 Å². The third-order valence-electron chi connectivity index (χ3n) is 2.51. The summed E-state index contributed by atoms with van der Waals surface area (Å²) in [6.07, 6.45) is -1.97. The number of nitrogens with zero attached hydrogens (tertiary/aromatic N) is 1. The van der Waals surface area contributed by atoms with Gasteiger partial charge in [0.05, 0.1) is 6.54 Å². The fourth-order valence-corrected chi connectivity index (χ4v) is 1.79. The largest absolute Gasteiger partial charge is 0.401 e. The van der Waals surface area contributed by atoms with Gasteiger partial charge in [-0.3, -0.25) is 9.69 Å². The highest BCUT2D eigenvalue weighted by Crippen LogP contribution is 2.23. The van der Waals surface area contributed by atoms with E-state index >= 15 is 0 Å². The molecule has 1 aliphatic rings. The van der Waals surface area contributed by atoms with Crippen LogP contribution in [0.3, 0.4) is 0 Å². The molecule has 1 fully saturated rings. The zero-order valence-electron chi connectivity index (χ0n) is 8.10. The molecule has 0 aliphatic heterocycles. The van der Waals surface area contributed by atoms with Crippen LogP contribution in [0.4, 0.5) is 13.2 Å². The van der Waals surface area contributed by atoms with Gasteiger partial charge in [-0.05, 0) is 19.9 Å². The zero-order valence-corrected chi connectivity index (χ0v) is 8.10. The van der Waals surface area contributed by atoms with Crippen LogP contribution in [0, 0.1) is 0 Å². The third-order valence-corrected chi connectivity index (χ3v) is 2.51. The molecule has 1 saturated carbocycles. The monoisotopic (exact) mass is 209 g/mol. The van der Waals surface area contributed by atoms with Crippen LogP contribution in [0.1, 0.15) is 25.7 Å². The Morgan fingerprint density at radius 3 is 2.64 bits per heavy atom. The summed E-state index contributed by atoms with van der Waals surface area (Å²) >= 11 is 0. The number of ketones is 1. The van der Waals surface area contributed by atoms with E-state index in [4.69, 9.17) is 0 Å². The topological polar surface area (TPSA) is 20.3 Å². The summed E-state index contributed by atoms with van der Waals surface area (Å²) in [7, 11) is 1.43. The molecule has 82 valence electrons. The molecule has 0 N–H and O–H groups in total. The standard InChI is InChI=1S/C9H14F3NO/c1-13(6-9(10,11)12)7-3-2-4-8(14)5-7/h7H,2-6H2,1H3. The third kappa shape index (κ3) is 3.65. The van der Waals surface area contributed by atoms with Gasteiger partial charge < -0.3 is 0 Å². The highest BCUT2D eigenvalue weighted by molar-refractivity contribution is 5.79. The highest BCUT2D eigenvalue weighted by atomic mass is 19.4. The molecule has 1 atom stereocenters. The number of hydrogen-bond donors (Lipinski definition) is 0. The van der Waals surface area contributed by atoms with E-state index in [1.165, 1.54) is 11.9 Å².